The van der Waals surface area contributed by atoms with E-state index in [1.165, 1.54) is 5.69 Å². The summed E-state index contributed by atoms with van der Waals surface area (Å²) in [5, 5.41) is 12.9. The van der Waals surface area contributed by atoms with Gasteiger partial charge in [0.1, 0.15) is 11.3 Å². The number of anilines is 2. The van der Waals surface area contributed by atoms with Crippen LogP contribution in [-0.2, 0) is 4.79 Å². The predicted molar refractivity (Wildman–Crippen MR) is 152 cm³/mol. The number of hydrogen-bond donors (Lipinski definition) is 3. The molecule has 6 rings (SSSR count). The third-order valence-electron chi connectivity index (χ3n) is 7.28. The van der Waals surface area contributed by atoms with Crippen molar-refractivity contribution in [2.45, 2.75) is 26.2 Å². The largest absolute Gasteiger partial charge is 0.368 e. The average Bonchev–Trinajstić information content (AvgIpc) is 3.56. The molecule has 0 unspecified atom stereocenters. The lowest BCUT2D eigenvalue weighted by atomic mass is 10.0. The zero-order valence-corrected chi connectivity index (χ0v) is 21.8. The van der Waals surface area contributed by atoms with Gasteiger partial charge in [-0.2, -0.15) is 5.10 Å². The Bertz CT molecular complexity index is 1600. The Morgan fingerprint density at radius 2 is 1.89 bits per heavy atom. The van der Waals surface area contributed by atoms with Crippen LogP contribution in [0.3, 0.4) is 0 Å². The molecule has 1 fully saturated rings. The number of amides is 1. The monoisotopic (exact) mass is 508 g/mol. The summed E-state index contributed by atoms with van der Waals surface area (Å²) >= 11 is 0. The van der Waals surface area contributed by atoms with Crippen LogP contribution >= 0.6 is 0 Å². The number of nitrogens with zero attached hydrogens (tertiary/aromatic N) is 5. The summed E-state index contributed by atoms with van der Waals surface area (Å²) < 4.78 is 0. The van der Waals surface area contributed by atoms with Gasteiger partial charge in [0, 0.05) is 67.0 Å². The number of hydrogen-bond acceptors (Lipinski definition) is 6. The quantitative estimate of drug-likeness (QED) is 0.284. The number of aromatic nitrogens is 5. The van der Waals surface area contributed by atoms with Gasteiger partial charge < -0.3 is 20.1 Å². The number of unbranched alkanes of at least 4 members (excludes halogenated alkanes) is 1. The van der Waals surface area contributed by atoms with Crippen molar-refractivity contribution in [2.24, 2.45) is 0 Å². The molecular formula is C29H32N8O. The molecule has 1 saturated heterocycles. The van der Waals surface area contributed by atoms with Crippen LogP contribution in [0, 0.1) is 0 Å². The van der Waals surface area contributed by atoms with Crippen LogP contribution in [0.4, 0.5) is 11.4 Å². The van der Waals surface area contributed by atoms with Crippen molar-refractivity contribution in [3.05, 3.63) is 55.0 Å². The predicted octanol–water partition coefficient (Wildman–Crippen LogP) is 5.05. The summed E-state index contributed by atoms with van der Waals surface area (Å²) in [7, 11) is 2.17. The first-order chi connectivity index (χ1) is 18.6. The van der Waals surface area contributed by atoms with E-state index in [4.69, 9.17) is 0 Å². The molecule has 9 nitrogen and oxygen atoms in total. The second kappa shape index (κ2) is 10.3. The van der Waals surface area contributed by atoms with Gasteiger partial charge in [-0.15, -0.1) is 0 Å². The minimum absolute atomic E-state index is 0.0155. The Hall–Kier alpha value is -4.24. The molecule has 1 aliphatic rings. The molecule has 0 aliphatic carbocycles. The molecule has 0 saturated carbocycles. The maximum Gasteiger partial charge on any atom is 0.224 e. The molecule has 1 aromatic carbocycles. The number of carbonyl (C=O) groups is 1. The maximum absolute atomic E-state index is 12.2. The standard InChI is InChI=1S/C29H32N8O/c1-3-4-5-27(38)32-21-14-20(17-30-18-21)19-6-7-24-22(15-19)28(35-34-24)25-16-23-26(8-9-31-29(23)33-25)37-12-10-36(2)11-13-37/h6-9,14-18H,3-5,10-13H2,1-2H3,(H,31,33)(H,32,38)(H,34,35). The van der Waals surface area contributed by atoms with E-state index in [1.807, 2.05) is 30.6 Å². The van der Waals surface area contributed by atoms with Crippen molar-refractivity contribution >= 4 is 39.2 Å². The Kier molecular flexibility index (Phi) is 6.51. The van der Waals surface area contributed by atoms with Gasteiger partial charge in [-0.05, 0) is 49.4 Å². The molecule has 194 valence electrons. The van der Waals surface area contributed by atoms with Crippen molar-refractivity contribution in [3.8, 4) is 22.5 Å². The van der Waals surface area contributed by atoms with Crippen molar-refractivity contribution < 1.29 is 4.79 Å². The highest BCUT2D eigenvalue weighted by molar-refractivity contribution is 6.00. The third-order valence-corrected chi connectivity index (χ3v) is 7.28. The Labute approximate surface area is 221 Å². The van der Waals surface area contributed by atoms with Gasteiger partial charge in [0.05, 0.1) is 23.1 Å². The average molecular weight is 509 g/mol. The van der Waals surface area contributed by atoms with E-state index in [1.54, 1.807) is 6.20 Å². The fourth-order valence-corrected chi connectivity index (χ4v) is 5.09. The highest BCUT2D eigenvalue weighted by atomic mass is 16.1. The Morgan fingerprint density at radius 1 is 1.03 bits per heavy atom. The van der Waals surface area contributed by atoms with E-state index in [0.717, 1.165) is 83.5 Å². The Morgan fingerprint density at radius 3 is 2.74 bits per heavy atom. The van der Waals surface area contributed by atoms with E-state index in [-0.39, 0.29) is 5.91 Å². The lowest BCUT2D eigenvalue weighted by Gasteiger charge is -2.34. The number of likely N-dealkylation sites (N-methyl/N-ethyl adjacent to an activating group) is 1. The topological polar surface area (TPSA) is 106 Å². The number of fused-ring (bicyclic) bond motifs is 2. The number of benzene rings is 1. The number of H-pyrrole nitrogens is 2. The highest BCUT2D eigenvalue weighted by Crippen LogP contribution is 2.34. The number of carbonyl (C=O) groups excluding carboxylic acids is 1. The minimum atomic E-state index is 0.0155. The van der Waals surface area contributed by atoms with Gasteiger partial charge in [-0.25, -0.2) is 4.98 Å². The molecular weight excluding hydrogens is 476 g/mol. The van der Waals surface area contributed by atoms with Crippen molar-refractivity contribution in [1.29, 1.82) is 0 Å². The summed E-state index contributed by atoms with van der Waals surface area (Å²) in [5.41, 5.74) is 7.43. The van der Waals surface area contributed by atoms with E-state index in [0.29, 0.717) is 12.1 Å². The van der Waals surface area contributed by atoms with Crippen LogP contribution in [0.5, 0.6) is 0 Å². The van der Waals surface area contributed by atoms with Crippen LogP contribution in [0.2, 0.25) is 0 Å². The summed E-state index contributed by atoms with van der Waals surface area (Å²) in [6.45, 7) is 6.17. The number of piperazine rings is 1. The zero-order chi connectivity index (χ0) is 26.1. The maximum atomic E-state index is 12.2. The highest BCUT2D eigenvalue weighted by Gasteiger charge is 2.19. The van der Waals surface area contributed by atoms with Gasteiger partial charge in [0.2, 0.25) is 5.91 Å². The summed E-state index contributed by atoms with van der Waals surface area (Å²) in [6, 6.07) is 12.4. The first kappa shape index (κ1) is 24.1. The van der Waals surface area contributed by atoms with Crippen molar-refractivity contribution in [1.82, 2.24) is 30.0 Å². The number of nitrogens with one attached hydrogen (secondary N) is 3. The van der Waals surface area contributed by atoms with E-state index < -0.39 is 0 Å². The van der Waals surface area contributed by atoms with E-state index in [9.17, 15) is 4.79 Å². The second-order valence-electron chi connectivity index (χ2n) is 10.0. The SMILES string of the molecule is CCCCC(=O)Nc1cncc(-c2ccc3[nH]nc(-c4cc5c(N6CCN(C)CC6)ccnc5[nH]4)c3c2)c1. The molecule has 9 heteroatoms. The molecule has 5 heterocycles. The molecule has 4 aromatic heterocycles. The normalized spacial score (nSPS) is 14.4. The summed E-state index contributed by atoms with van der Waals surface area (Å²) in [5.74, 6) is 0.0155. The first-order valence-electron chi connectivity index (χ1n) is 13.2. The van der Waals surface area contributed by atoms with Gasteiger partial charge in [0.25, 0.3) is 0 Å². The van der Waals surface area contributed by atoms with Gasteiger partial charge in [0.15, 0.2) is 0 Å². The molecule has 0 atom stereocenters. The van der Waals surface area contributed by atoms with Gasteiger partial charge >= 0.3 is 0 Å². The van der Waals surface area contributed by atoms with E-state index in [2.05, 4.69) is 72.4 Å². The molecule has 3 N–H and O–H groups in total. The number of pyridine rings is 2. The van der Waals surface area contributed by atoms with Gasteiger partial charge in [-0.1, -0.05) is 19.4 Å². The first-order valence-corrected chi connectivity index (χ1v) is 13.2. The van der Waals surface area contributed by atoms with Crippen molar-refractivity contribution in [3.63, 3.8) is 0 Å². The van der Waals surface area contributed by atoms with E-state index >= 15 is 0 Å². The van der Waals surface area contributed by atoms with Crippen LogP contribution in [0.15, 0.2) is 55.0 Å². The molecule has 5 aromatic rings. The smallest absolute Gasteiger partial charge is 0.224 e. The summed E-state index contributed by atoms with van der Waals surface area (Å²) in [4.78, 5) is 29.5. The molecule has 0 bridgehead atoms. The molecule has 0 radical (unpaired) electrons. The van der Waals surface area contributed by atoms with Gasteiger partial charge in [-0.3, -0.25) is 14.9 Å². The molecule has 0 spiro atoms. The molecule has 1 aliphatic heterocycles. The zero-order valence-electron chi connectivity index (χ0n) is 21.8. The Balaban J connectivity index is 1.33. The summed E-state index contributed by atoms with van der Waals surface area (Å²) in [6.07, 6.45) is 7.75. The van der Waals surface area contributed by atoms with Crippen LogP contribution in [-0.4, -0.2) is 69.2 Å². The van der Waals surface area contributed by atoms with Crippen molar-refractivity contribution in [2.75, 3.05) is 43.4 Å². The molecule has 38 heavy (non-hydrogen) atoms. The van der Waals surface area contributed by atoms with Crippen LogP contribution in [0.1, 0.15) is 26.2 Å². The molecule has 1 amide bonds. The lowest BCUT2D eigenvalue weighted by molar-refractivity contribution is -0.116. The fourth-order valence-electron chi connectivity index (χ4n) is 5.09. The second-order valence-corrected chi connectivity index (χ2v) is 10.0. The third kappa shape index (κ3) is 4.72. The number of rotatable bonds is 7. The lowest BCUT2D eigenvalue weighted by Crippen LogP contribution is -2.44. The fraction of sp³-hybridized carbons (Fsp3) is 0.310. The minimum Gasteiger partial charge on any atom is -0.368 e. The van der Waals surface area contributed by atoms with Crippen LogP contribution in [0.25, 0.3) is 44.5 Å². The number of aromatic amines is 2. The van der Waals surface area contributed by atoms with Crippen LogP contribution < -0.4 is 10.2 Å².